The Morgan fingerprint density at radius 2 is 1.69 bits per heavy atom. The summed E-state index contributed by atoms with van der Waals surface area (Å²) in [7, 11) is 1.65. The number of halogens is 1. The lowest BCUT2D eigenvalue weighted by Crippen LogP contribution is -2.36. The van der Waals surface area contributed by atoms with Gasteiger partial charge in [0, 0.05) is 23.5 Å². The van der Waals surface area contributed by atoms with E-state index in [4.69, 9.17) is 11.6 Å². The van der Waals surface area contributed by atoms with E-state index in [1.54, 1.807) is 7.05 Å². The zero-order valence-corrected chi connectivity index (χ0v) is 16.8. The average molecular weight is 391 g/mol. The lowest BCUT2D eigenvalue weighted by atomic mass is 10.1. The highest BCUT2D eigenvalue weighted by Gasteiger charge is 2.14. The van der Waals surface area contributed by atoms with Gasteiger partial charge in [0.2, 0.25) is 11.8 Å². The highest BCUT2D eigenvalue weighted by atomic mass is 35.5. The van der Waals surface area contributed by atoms with Crippen LogP contribution in [0.1, 0.15) is 16.7 Å². The first kappa shape index (κ1) is 20.3. The zero-order chi connectivity index (χ0) is 19.1. The van der Waals surface area contributed by atoms with Gasteiger partial charge in [-0.25, -0.2) is 0 Å². The number of hydrogen-bond acceptors (Lipinski definition) is 3. The van der Waals surface area contributed by atoms with Gasteiger partial charge in [-0.2, -0.15) is 0 Å². The largest absolute Gasteiger partial charge is 0.336 e. The van der Waals surface area contributed by atoms with Gasteiger partial charge in [0.1, 0.15) is 0 Å². The normalized spacial score (nSPS) is 10.5. The number of thioether (sulfide) groups is 1. The van der Waals surface area contributed by atoms with Crippen molar-refractivity contribution >= 4 is 40.9 Å². The van der Waals surface area contributed by atoms with Crippen LogP contribution in [0.2, 0.25) is 5.02 Å². The van der Waals surface area contributed by atoms with Crippen LogP contribution in [0.15, 0.2) is 42.5 Å². The third-order valence-corrected chi connectivity index (χ3v) is 5.20. The number of aryl methyl sites for hydroxylation is 2. The van der Waals surface area contributed by atoms with Crippen molar-refractivity contribution < 1.29 is 9.59 Å². The number of anilines is 1. The fourth-order valence-corrected chi connectivity index (χ4v) is 3.49. The molecular formula is C20H23ClN2O2S. The number of carbonyl (C=O) groups excluding carboxylic acids is 2. The molecule has 0 atom stereocenters. The van der Waals surface area contributed by atoms with Gasteiger partial charge >= 0.3 is 0 Å². The number of benzene rings is 2. The number of amides is 2. The topological polar surface area (TPSA) is 49.4 Å². The Labute approximate surface area is 163 Å². The Balaban J connectivity index is 1.79. The summed E-state index contributed by atoms with van der Waals surface area (Å²) in [6.07, 6.45) is 0. The van der Waals surface area contributed by atoms with Gasteiger partial charge in [-0.15, -0.1) is 11.8 Å². The van der Waals surface area contributed by atoms with Crippen LogP contribution in [0.4, 0.5) is 5.69 Å². The number of rotatable bonds is 7. The van der Waals surface area contributed by atoms with E-state index in [1.165, 1.54) is 16.7 Å². The van der Waals surface area contributed by atoms with E-state index in [2.05, 4.69) is 5.32 Å². The summed E-state index contributed by atoms with van der Waals surface area (Å²) in [4.78, 5) is 25.9. The third kappa shape index (κ3) is 6.07. The second-order valence-electron chi connectivity index (χ2n) is 6.18. The highest BCUT2D eigenvalue weighted by molar-refractivity contribution is 7.99. The number of likely N-dealkylation sites (N-methyl/N-ethyl adjacent to an activating group) is 1. The van der Waals surface area contributed by atoms with Crippen LogP contribution in [-0.2, 0) is 15.3 Å². The SMILES string of the molecule is Cc1cccc(C)c1NC(=O)CN(C)C(=O)CSCc1ccc(Cl)cc1. The van der Waals surface area contributed by atoms with Gasteiger partial charge in [0.05, 0.1) is 12.3 Å². The molecule has 2 amide bonds. The van der Waals surface area contributed by atoms with Crippen LogP contribution >= 0.6 is 23.4 Å². The lowest BCUT2D eigenvalue weighted by molar-refractivity contribution is -0.131. The molecule has 6 heteroatoms. The molecule has 0 unspecified atom stereocenters. The third-order valence-electron chi connectivity index (χ3n) is 3.96. The minimum atomic E-state index is -0.194. The van der Waals surface area contributed by atoms with E-state index in [-0.39, 0.29) is 18.4 Å². The summed E-state index contributed by atoms with van der Waals surface area (Å²) in [5.74, 6) is 0.794. The van der Waals surface area contributed by atoms with Crippen molar-refractivity contribution in [1.82, 2.24) is 4.90 Å². The van der Waals surface area contributed by atoms with E-state index >= 15 is 0 Å². The van der Waals surface area contributed by atoms with E-state index in [0.717, 1.165) is 28.1 Å². The van der Waals surface area contributed by atoms with Gasteiger partial charge in [0.25, 0.3) is 0 Å². The Kier molecular flexibility index (Phi) is 7.54. The molecule has 0 saturated heterocycles. The Morgan fingerprint density at radius 3 is 2.31 bits per heavy atom. The molecule has 2 rings (SSSR count). The minimum absolute atomic E-state index is 0.0358. The Bertz CT molecular complexity index is 758. The van der Waals surface area contributed by atoms with Crippen LogP contribution < -0.4 is 5.32 Å². The van der Waals surface area contributed by atoms with Crippen LogP contribution in [0, 0.1) is 13.8 Å². The Hall–Kier alpha value is -1.98. The van der Waals surface area contributed by atoms with Gasteiger partial charge in [-0.1, -0.05) is 41.9 Å². The maximum atomic E-state index is 12.2. The molecule has 0 aliphatic heterocycles. The van der Waals surface area contributed by atoms with Gasteiger partial charge in [-0.05, 0) is 42.7 Å². The number of para-hydroxylation sites is 1. The smallest absolute Gasteiger partial charge is 0.243 e. The predicted molar refractivity (Wildman–Crippen MR) is 110 cm³/mol. The van der Waals surface area contributed by atoms with Crippen molar-refractivity contribution in [3.05, 3.63) is 64.2 Å². The maximum absolute atomic E-state index is 12.2. The van der Waals surface area contributed by atoms with Crippen LogP contribution in [-0.4, -0.2) is 36.1 Å². The van der Waals surface area contributed by atoms with Crippen molar-refractivity contribution in [2.24, 2.45) is 0 Å². The molecule has 2 aromatic rings. The molecule has 0 aliphatic carbocycles. The average Bonchev–Trinajstić information content (AvgIpc) is 2.60. The zero-order valence-electron chi connectivity index (χ0n) is 15.2. The number of carbonyl (C=O) groups is 2. The molecular weight excluding hydrogens is 368 g/mol. The van der Waals surface area contributed by atoms with E-state index in [0.29, 0.717) is 10.8 Å². The van der Waals surface area contributed by atoms with E-state index in [9.17, 15) is 9.59 Å². The standard InChI is InChI=1S/C20H23ClN2O2S/c1-14-5-4-6-15(2)20(14)22-18(24)11-23(3)19(25)13-26-12-16-7-9-17(21)10-8-16/h4-10H,11-13H2,1-3H3,(H,22,24). The second kappa shape index (κ2) is 9.64. The summed E-state index contributed by atoms with van der Waals surface area (Å²) in [5, 5.41) is 3.60. The molecule has 0 saturated carbocycles. The number of hydrogen-bond donors (Lipinski definition) is 1. The summed E-state index contributed by atoms with van der Waals surface area (Å²) in [6, 6.07) is 13.4. The molecule has 4 nitrogen and oxygen atoms in total. The van der Waals surface area contributed by atoms with E-state index in [1.807, 2.05) is 56.3 Å². The minimum Gasteiger partial charge on any atom is -0.336 e. The monoisotopic (exact) mass is 390 g/mol. The summed E-state index contributed by atoms with van der Waals surface area (Å²) in [6.45, 7) is 3.93. The maximum Gasteiger partial charge on any atom is 0.243 e. The summed E-state index contributed by atoms with van der Waals surface area (Å²) < 4.78 is 0. The molecule has 0 bridgehead atoms. The van der Waals surface area contributed by atoms with E-state index < -0.39 is 0 Å². The van der Waals surface area contributed by atoms with Crippen LogP contribution in [0.5, 0.6) is 0 Å². The summed E-state index contributed by atoms with van der Waals surface area (Å²) >= 11 is 7.38. The first-order chi connectivity index (χ1) is 12.4. The van der Waals surface area contributed by atoms with Crippen molar-refractivity contribution in [2.75, 3.05) is 24.7 Å². The van der Waals surface area contributed by atoms with Gasteiger partial charge in [0.15, 0.2) is 0 Å². The molecule has 0 aromatic heterocycles. The number of nitrogens with one attached hydrogen (secondary N) is 1. The fourth-order valence-electron chi connectivity index (χ4n) is 2.44. The molecule has 138 valence electrons. The molecule has 2 aromatic carbocycles. The summed E-state index contributed by atoms with van der Waals surface area (Å²) in [5.41, 5.74) is 3.94. The van der Waals surface area contributed by atoms with Crippen molar-refractivity contribution in [2.45, 2.75) is 19.6 Å². The molecule has 0 radical (unpaired) electrons. The van der Waals surface area contributed by atoms with Crippen molar-refractivity contribution in [3.63, 3.8) is 0 Å². The van der Waals surface area contributed by atoms with Crippen molar-refractivity contribution in [1.29, 1.82) is 0 Å². The molecule has 0 aliphatic rings. The molecule has 0 heterocycles. The first-order valence-electron chi connectivity index (χ1n) is 8.29. The van der Waals surface area contributed by atoms with Crippen LogP contribution in [0.25, 0.3) is 0 Å². The molecule has 0 fully saturated rings. The van der Waals surface area contributed by atoms with Gasteiger partial charge < -0.3 is 10.2 Å². The fraction of sp³-hybridized carbons (Fsp3) is 0.300. The predicted octanol–water partition coefficient (Wildman–Crippen LogP) is 4.29. The number of nitrogens with zero attached hydrogens (tertiary/aromatic N) is 1. The highest BCUT2D eigenvalue weighted by Crippen LogP contribution is 2.19. The quantitative estimate of drug-likeness (QED) is 0.767. The second-order valence-corrected chi connectivity index (χ2v) is 7.61. The van der Waals surface area contributed by atoms with Gasteiger partial charge in [-0.3, -0.25) is 9.59 Å². The molecule has 0 spiro atoms. The lowest BCUT2D eigenvalue weighted by Gasteiger charge is -2.18. The van der Waals surface area contributed by atoms with Crippen molar-refractivity contribution in [3.8, 4) is 0 Å². The molecule has 1 N–H and O–H groups in total. The molecule has 26 heavy (non-hydrogen) atoms. The van der Waals surface area contributed by atoms with Crippen LogP contribution in [0.3, 0.4) is 0 Å². The Morgan fingerprint density at radius 1 is 1.08 bits per heavy atom. The first-order valence-corrected chi connectivity index (χ1v) is 9.82.